The molecule has 2 heterocycles. The highest BCUT2D eigenvalue weighted by atomic mass is 16.5. The number of aromatic nitrogens is 3. The van der Waals surface area contributed by atoms with E-state index in [1.165, 1.54) is 0 Å². The number of benzene rings is 1. The van der Waals surface area contributed by atoms with E-state index in [-0.39, 0.29) is 17.3 Å². The fourth-order valence-corrected chi connectivity index (χ4v) is 1.94. The molecule has 1 aromatic carbocycles. The molecule has 18 heavy (non-hydrogen) atoms. The first-order valence-electron chi connectivity index (χ1n) is 5.65. The van der Waals surface area contributed by atoms with Gasteiger partial charge in [-0.3, -0.25) is 4.79 Å². The van der Waals surface area contributed by atoms with Crippen LogP contribution >= 0.6 is 0 Å². The molecule has 0 aliphatic heterocycles. The Morgan fingerprint density at radius 3 is 2.89 bits per heavy atom. The number of hydrogen-bond acceptors (Lipinski definition) is 5. The van der Waals surface area contributed by atoms with Gasteiger partial charge in [-0.1, -0.05) is 19.0 Å². The lowest BCUT2D eigenvalue weighted by Crippen LogP contribution is -2.13. The van der Waals surface area contributed by atoms with Gasteiger partial charge in [0.05, 0.1) is 10.9 Å². The van der Waals surface area contributed by atoms with E-state index < -0.39 is 0 Å². The van der Waals surface area contributed by atoms with Gasteiger partial charge in [-0.25, -0.2) is 0 Å². The fraction of sp³-hybridized carbons (Fsp3) is 0.250. The van der Waals surface area contributed by atoms with Crippen LogP contribution in [0.1, 0.15) is 25.6 Å². The van der Waals surface area contributed by atoms with Gasteiger partial charge in [0.25, 0.3) is 5.56 Å². The lowest BCUT2D eigenvalue weighted by molar-refractivity contribution is 0.462. The minimum Gasteiger partial charge on any atom is -0.380 e. The normalized spacial score (nSPS) is 11.7. The SMILES string of the molecule is CC(C)c1nc(=O)c2c(ccc3c(N)noc32)[nH]1. The van der Waals surface area contributed by atoms with E-state index in [0.29, 0.717) is 27.7 Å². The van der Waals surface area contributed by atoms with Gasteiger partial charge in [0.2, 0.25) is 0 Å². The molecule has 0 bridgehead atoms. The minimum atomic E-state index is -0.325. The first-order chi connectivity index (χ1) is 8.58. The largest absolute Gasteiger partial charge is 0.380 e. The fourth-order valence-electron chi connectivity index (χ4n) is 1.94. The highest BCUT2D eigenvalue weighted by Crippen LogP contribution is 2.26. The molecule has 92 valence electrons. The van der Waals surface area contributed by atoms with Crippen LogP contribution in [0, 0.1) is 0 Å². The zero-order valence-electron chi connectivity index (χ0n) is 10.0. The number of H-pyrrole nitrogens is 1. The van der Waals surface area contributed by atoms with Crippen LogP contribution in [0.3, 0.4) is 0 Å². The van der Waals surface area contributed by atoms with Gasteiger partial charge in [-0.05, 0) is 12.1 Å². The molecule has 0 saturated carbocycles. The van der Waals surface area contributed by atoms with Crippen molar-refractivity contribution in [2.45, 2.75) is 19.8 Å². The number of nitrogens with one attached hydrogen (secondary N) is 1. The monoisotopic (exact) mass is 244 g/mol. The van der Waals surface area contributed by atoms with Crippen molar-refractivity contribution in [2.75, 3.05) is 5.73 Å². The summed E-state index contributed by atoms with van der Waals surface area (Å²) in [5.41, 5.74) is 6.40. The van der Waals surface area contributed by atoms with Crippen LogP contribution in [0.2, 0.25) is 0 Å². The predicted octanol–water partition coefficient (Wildman–Crippen LogP) is 1.77. The Bertz CT molecular complexity index is 801. The maximum Gasteiger partial charge on any atom is 0.284 e. The van der Waals surface area contributed by atoms with Crippen LogP contribution in [0.5, 0.6) is 0 Å². The second-order valence-corrected chi connectivity index (χ2v) is 4.51. The van der Waals surface area contributed by atoms with Crippen molar-refractivity contribution in [2.24, 2.45) is 0 Å². The highest BCUT2D eigenvalue weighted by molar-refractivity contribution is 6.05. The topological polar surface area (TPSA) is 97.8 Å². The summed E-state index contributed by atoms with van der Waals surface area (Å²) in [4.78, 5) is 19.2. The maximum absolute atomic E-state index is 12.1. The molecule has 6 heteroatoms. The summed E-state index contributed by atoms with van der Waals surface area (Å²) in [6, 6.07) is 3.57. The summed E-state index contributed by atoms with van der Waals surface area (Å²) in [5, 5.41) is 4.69. The van der Waals surface area contributed by atoms with Gasteiger partial charge in [-0.2, -0.15) is 4.98 Å². The van der Waals surface area contributed by atoms with Gasteiger partial charge >= 0.3 is 0 Å². The van der Waals surface area contributed by atoms with E-state index in [2.05, 4.69) is 15.1 Å². The Balaban J connectivity index is 2.49. The van der Waals surface area contributed by atoms with Crippen LogP contribution in [0.15, 0.2) is 21.5 Å². The predicted molar refractivity (Wildman–Crippen MR) is 68.4 cm³/mol. The van der Waals surface area contributed by atoms with Crippen LogP contribution in [0.4, 0.5) is 5.82 Å². The van der Waals surface area contributed by atoms with E-state index in [0.717, 1.165) is 0 Å². The number of nitrogen functional groups attached to an aromatic ring is 1. The number of nitrogens with zero attached hydrogens (tertiary/aromatic N) is 2. The summed E-state index contributed by atoms with van der Waals surface area (Å²) in [7, 11) is 0. The van der Waals surface area contributed by atoms with E-state index in [4.69, 9.17) is 10.3 Å². The van der Waals surface area contributed by atoms with Crippen LogP contribution in [-0.2, 0) is 0 Å². The third-order valence-corrected chi connectivity index (χ3v) is 2.91. The number of hydrogen-bond donors (Lipinski definition) is 2. The average Bonchev–Trinajstić information content (AvgIpc) is 2.70. The zero-order valence-corrected chi connectivity index (χ0v) is 10.0. The van der Waals surface area contributed by atoms with Crippen LogP contribution in [0.25, 0.3) is 21.9 Å². The molecule has 6 nitrogen and oxygen atoms in total. The first kappa shape index (κ1) is 10.8. The van der Waals surface area contributed by atoms with E-state index >= 15 is 0 Å². The van der Waals surface area contributed by atoms with Crippen LogP contribution < -0.4 is 11.3 Å². The molecule has 0 amide bonds. The van der Waals surface area contributed by atoms with E-state index in [9.17, 15) is 4.79 Å². The minimum absolute atomic E-state index is 0.151. The summed E-state index contributed by atoms with van der Waals surface area (Å²) in [5.74, 6) is 1.08. The van der Waals surface area contributed by atoms with Gasteiger partial charge in [0.1, 0.15) is 11.2 Å². The molecule has 0 saturated heterocycles. The molecule has 0 aliphatic rings. The van der Waals surface area contributed by atoms with E-state index in [1.54, 1.807) is 12.1 Å². The summed E-state index contributed by atoms with van der Waals surface area (Å²) >= 11 is 0. The molecule has 3 aromatic rings. The lowest BCUT2D eigenvalue weighted by atomic mass is 10.1. The summed E-state index contributed by atoms with van der Waals surface area (Å²) in [6.45, 7) is 3.93. The molecule has 3 N–H and O–H groups in total. The summed E-state index contributed by atoms with van der Waals surface area (Å²) < 4.78 is 5.11. The number of anilines is 1. The quantitative estimate of drug-likeness (QED) is 0.679. The Morgan fingerprint density at radius 2 is 2.17 bits per heavy atom. The molecular weight excluding hydrogens is 232 g/mol. The zero-order chi connectivity index (χ0) is 12.9. The molecule has 2 aromatic heterocycles. The Hall–Kier alpha value is -2.37. The average molecular weight is 244 g/mol. The third-order valence-electron chi connectivity index (χ3n) is 2.91. The molecule has 0 aliphatic carbocycles. The van der Waals surface area contributed by atoms with Gasteiger partial charge in [0.15, 0.2) is 11.4 Å². The lowest BCUT2D eigenvalue weighted by Gasteiger charge is -2.05. The number of nitrogens with two attached hydrogens (primary N) is 1. The van der Waals surface area contributed by atoms with Crippen molar-refractivity contribution in [3.63, 3.8) is 0 Å². The molecular formula is C12H12N4O2. The number of fused-ring (bicyclic) bond motifs is 3. The molecule has 0 spiro atoms. The third kappa shape index (κ3) is 1.38. The molecule has 0 radical (unpaired) electrons. The number of aromatic amines is 1. The van der Waals surface area contributed by atoms with Gasteiger partial charge < -0.3 is 15.2 Å². The van der Waals surface area contributed by atoms with Crippen molar-refractivity contribution in [1.82, 2.24) is 15.1 Å². The van der Waals surface area contributed by atoms with Gasteiger partial charge in [0, 0.05) is 5.92 Å². The molecule has 0 unspecified atom stereocenters. The van der Waals surface area contributed by atoms with Crippen molar-refractivity contribution in [3.8, 4) is 0 Å². The van der Waals surface area contributed by atoms with E-state index in [1.807, 2.05) is 13.8 Å². The molecule has 3 rings (SSSR count). The smallest absolute Gasteiger partial charge is 0.284 e. The molecule has 0 fully saturated rings. The Morgan fingerprint density at radius 1 is 1.39 bits per heavy atom. The van der Waals surface area contributed by atoms with Crippen molar-refractivity contribution in [3.05, 3.63) is 28.3 Å². The van der Waals surface area contributed by atoms with Crippen molar-refractivity contribution < 1.29 is 4.52 Å². The van der Waals surface area contributed by atoms with Crippen LogP contribution in [-0.4, -0.2) is 15.1 Å². The maximum atomic E-state index is 12.1. The Labute approximate surface area is 102 Å². The Kier molecular flexibility index (Phi) is 2.13. The molecule has 0 atom stereocenters. The van der Waals surface area contributed by atoms with Crippen molar-refractivity contribution >= 4 is 27.7 Å². The van der Waals surface area contributed by atoms with Crippen molar-refractivity contribution in [1.29, 1.82) is 0 Å². The first-order valence-corrected chi connectivity index (χ1v) is 5.65. The second kappa shape index (κ2) is 3.56. The number of rotatable bonds is 1. The second-order valence-electron chi connectivity index (χ2n) is 4.51. The van der Waals surface area contributed by atoms with Gasteiger partial charge in [-0.15, -0.1) is 0 Å². The summed E-state index contributed by atoms with van der Waals surface area (Å²) in [6.07, 6.45) is 0. The highest BCUT2D eigenvalue weighted by Gasteiger charge is 2.14. The standard InChI is InChI=1S/C12H12N4O2/c1-5(2)11-14-7-4-3-6-9(18-16-10(6)13)8(7)12(17)15-11/h3-5H,1-2H3,(H2,13,16)(H,14,15,17).